The first-order valence-electron chi connectivity index (χ1n) is 14.2. The Morgan fingerprint density at radius 2 is 1.88 bits per heavy atom. The van der Waals surface area contributed by atoms with Crippen molar-refractivity contribution < 1.29 is 33.8 Å². The number of carbonyl (C=O) groups excluding carboxylic acids is 4. The molecule has 0 bridgehead atoms. The van der Waals surface area contributed by atoms with Gasteiger partial charge in [0.2, 0.25) is 5.91 Å². The molecule has 2 saturated heterocycles. The lowest BCUT2D eigenvalue weighted by atomic mass is 9.96. The maximum atomic E-state index is 13.8. The van der Waals surface area contributed by atoms with E-state index in [-0.39, 0.29) is 30.7 Å². The Morgan fingerprint density at radius 1 is 1.15 bits per heavy atom. The number of carbonyl (C=O) groups is 4. The first-order chi connectivity index (χ1) is 19.0. The van der Waals surface area contributed by atoms with Crippen LogP contribution in [0.25, 0.3) is 0 Å². The first-order valence-corrected chi connectivity index (χ1v) is 14.2. The summed E-state index contributed by atoms with van der Waals surface area (Å²) >= 11 is 0. The maximum absolute atomic E-state index is 13.8. The fourth-order valence-electron chi connectivity index (χ4n) is 5.37. The Kier molecular flexibility index (Phi) is 10.9. The molecular weight excluding hydrogens is 516 g/mol. The van der Waals surface area contributed by atoms with Gasteiger partial charge in [0.15, 0.2) is 0 Å². The van der Waals surface area contributed by atoms with Gasteiger partial charge >= 0.3 is 6.09 Å². The number of methoxy groups -OCH3 is 1. The van der Waals surface area contributed by atoms with E-state index >= 15 is 0 Å². The average molecular weight is 561 g/mol. The summed E-state index contributed by atoms with van der Waals surface area (Å²) in [6, 6.07) is -1.83. The largest absolute Gasteiger partial charge is 0.501 e. The van der Waals surface area contributed by atoms with Crippen molar-refractivity contribution in [2.24, 2.45) is 10.9 Å². The lowest BCUT2D eigenvalue weighted by molar-refractivity contribution is -0.135. The molecule has 2 fully saturated rings. The van der Waals surface area contributed by atoms with E-state index in [1.165, 1.54) is 5.57 Å². The predicted octanol–water partition coefficient (Wildman–Crippen LogP) is 2.78. The van der Waals surface area contributed by atoms with Gasteiger partial charge in [0.1, 0.15) is 23.4 Å². The monoisotopic (exact) mass is 560 g/mol. The van der Waals surface area contributed by atoms with Crippen molar-refractivity contribution in [3.05, 3.63) is 23.5 Å². The Hall–Kier alpha value is -3.21. The van der Waals surface area contributed by atoms with Crippen LogP contribution in [0.2, 0.25) is 0 Å². The van der Waals surface area contributed by atoms with Crippen LogP contribution >= 0.6 is 0 Å². The van der Waals surface area contributed by atoms with E-state index in [9.17, 15) is 24.3 Å². The summed E-state index contributed by atoms with van der Waals surface area (Å²) in [5, 5.41) is 15.5. The van der Waals surface area contributed by atoms with Gasteiger partial charge in [0.25, 0.3) is 11.8 Å². The molecule has 0 saturated carbocycles. The van der Waals surface area contributed by atoms with Gasteiger partial charge in [-0.05, 0) is 71.8 Å². The van der Waals surface area contributed by atoms with Gasteiger partial charge in [-0.25, -0.2) is 9.79 Å². The van der Waals surface area contributed by atoms with E-state index in [0.717, 1.165) is 18.6 Å². The quantitative estimate of drug-likeness (QED) is 0.393. The standard InChI is InChI=1S/C29H44N4O7/c1-6-22(31-28(38)40-29(2,3)4)25(35)32-24-19(17-34)9-10-20-11-14-23(33(20)27(24)37)26(36)30-16-15-18-7-12-21(39-5)13-8-18/h7,12,19-20,22-23,34H,6,8-11,13-17H2,1-5H3,(H,30,36)(H,31,38)/t19-,20+,22+,23?/m1/s1. The van der Waals surface area contributed by atoms with E-state index < -0.39 is 41.5 Å². The van der Waals surface area contributed by atoms with Crippen molar-refractivity contribution >= 4 is 29.5 Å². The number of aliphatic hydroxyl groups excluding tert-OH is 1. The number of hydrogen-bond donors (Lipinski definition) is 3. The molecule has 4 amide bonds. The van der Waals surface area contributed by atoms with E-state index in [4.69, 9.17) is 9.47 Å². The third-order valence-electron chi connectivity index (χ3n) is 7.55. The molecule has 0 aromatic rings. The lowest BCUT2D eigenvalue weighted by Gasteiger charge is -2.28. The van der Waals surface area contributed by atoms with Gasteiger partial charge in [-0.2, -0.15) is 0 Å². The van der Waals surface area contributed by atoms with Crippen molar-refractivity contribution in [3.8, 4) is 0 Å². The average Bonchev–Trinajstić information content (AvgIpc) is 3.29. The number of amides is 4. The smallest absolute Gasteiger partial charge is 0.408 e. The number of allylic oxidation sites excluding steroid dienone is 3. The van der Waals surface area contributed by atoms with Crippen LogP contribution in [0, 0.1) is 5.92 Å². The summed E-state index contributed by atoms with van der Waals surface area (Å²) < 4.78 is 10.5. The molecule has 40 heavy (non-hydrogen) atoms. The molecule has 0 radical (unpaired) electrons. The van der Waals surface area contributed by atoms with Crippen LogP contribution in [0.5, 0.6) is 0 Å². The normalized spacial score (nSPS) is 24.9. The minimum Gasteiger partial charge on any atom is -0.501 e. The Balaban J connectivity index is 1.71. The van der Waals surface area contributed by atoms with Crippen LogP contribution in [-0.2, 0) is 23.9 Å². The van der Waals surface area contributed by atoms with Crippen molar-refractivity contribution in [2.45, 2.75) is 103 Å². The molecule has 4 atom stereocenters. The fraction of sp³-hybridized carbons (Fsp3) is 0.690. The van der Waals surface area contributed by atoms with Gasteiger partial charge < -0.3 is 30.1 Å². The number of alkyl carbamates (subject to hydrolysis) is 1. The van der Waals surface area contributed by atoms with Gasteiger partial charge in [0.05, 0.1) is 19.5 Å². The van der Waals surface area contributed by atoms with Crippen LogP contribution in [0.4, 0.5) is 4.79 Å². The molecule has 11 heteroatoms. The molecule has 1 unspecified atom stereocenters. The fourth-order valence-corrected chi connectivity index (χ4v) is 5.37. The lowest BCUT2D eigenvalue weighted by Crippen LogP contribution is -2.51. The van der Waals surface area contributed by atoms with Gasteiger partial charge in [-0.1, -0.05) is 18.6 Å². The summed E-state index contributed by atoms with van der Waals surface area (Å²) in [6.45, 7) is 6.97. The number of aliphatic imine (C=N–C) groups is 1. The van der Waals surface area contributed by atoms with Crippen LogP contribution in [0.15, 0.2) is 28.5 Å². The molecule has 3 N–H and O–H groups in total. The summed E-state index contributed by atoms with van der Waals surface area (Å²) in [6.07, 6.45) is 8.13. The van der Waals surface area contributed by atoms with Gasteiger partial charge in [0, 0.05) is 24.9 Å². The summed E-state index contributed by atoms with van der Waals surface area (Å²) in [4.78, 5) is 58.0. The second-order valence-electron chi connectivity index (χ2n) is 11.6. The minimum absolute atomic E-state index is 0.0627. The summed E-state index contributed by atoms with van der Waals surface area (Å²) in [7, 11) is 1.65. The Morgan fingerprint density at radius 3 is 2.48 bits per heavy atom. The number of hydrogen-bond acceptors (Lipinski definition) is 7. The molecule has 11 nitrogen and oxygen atoms in total. The second kappa shape index (κ2) is 13.9. The Labute approximate surface area is 236 Å². The van der Waals surface area contributed by atoms with E-state index in [1.807, 2.05) is 12.2 Å². The third kappa shape index (κ3) is 8.16. The number of ether oxygens (including phenoxy) is 2. The number of nitrogens with one attached hydrogen (secondary N) is 2. The minimum atomic E-state index is -0.991. The number of fused-ring (bicyclic) bond motifs is 1. The highest BCUT2D eigenvalue weighted by Gasteiger charge is 2.45. The molecule has 0 aromatic heterocycles. The van der Waals surface area contributed by atoms with Crippen molar-refractivity contribution in [1.29, 1.82) is 0 Å². The van der Waals surface area contributed by atoms with Crippen molar-refractivity contribution in [2.75, 3.05) is 20.3 Å². The molecule has 1 aliphatic carbocycles. The van der Waals surface area contributed by atoms with E-state index in [2.05, 4.69) is 15.6 Å². The van der Waals surface area contributed by atoms with Crippen LogP contribution in [0.1, 0.15) is 79.1 Å². The molecular formula is C29H44N4O7. The van der Waals surface area contributed by atoms with Crippen LogP contribution in [0.3, 0.4) is 0 Å². The van der Waals surface area contributed by atoms with Crippen LogP contribution < -0.4 is 10.6 Å². The highest BCUT2D eigenvalue weighted by atomic mass is 16.6. The summed E-state index contributed by atoms with van der Waals surface area (Å²) in [5.74, 6) is -1.13. The van der Waals surface area contributed by atoms with Crippen molar-refractivity contribution in [3.63, 3.8) is 0 Å². The van der Waals surface area contributed by atoms with Crippen molar-refractivity contribution in [1.82, 2.24) is 15.5 Å². The molecule has 3 aliphatic rings. The number of aliphatic hydroxyl groups is 1. The molecule has 0 spiro atoms. The topological polar surface area (TPSA) is 147 Å². The highest BCUT2D eigenvalue weighted by molar-refractivity contribution is 6.41. The second-order valence-corrected chi connectivity index (χ2v) is 11.6. The Bertz CT molecular complexity index is 1060. The van der Waals surface area contributed by atoms with Crippen LogP contribution in [-0.4, -0.2) is 83.5 Å². The predicted molar refractivity (Wildman–Crippen MR) is 149 cm³/mol. The zero-order valence-corrected chi connectivity index (χ0v) is 24.3. The highest BCUT2D eigenvalue weighted by Crippen LogP contribution is 2.33. The maximum Gasteiger partial charge on any atom is 0.408 e. The van der Waals surface area contributed by atoms with E-state index in [0.29, 0.717) is 38.6 Å². The molecule has 0 aromatic carbocycles. The number of rotatable bonds is 9. The first kappa shape index (κ1) is 31.3. The number of nitrogens with zero attached hydrogens (tertiary/aromatic N) is 2. The molecule has 2 heterocycles. The summed E-state index contributed by atoms with van der Waals surface area (Å²) in [5.41, 5.74) is 0.419. The SMILES string of the molecule is CC[C@H](NC(=O)OC(C)(C)C)C(=O)N=C1C(=O)N2C(C(=O)NCCC3=CC=C(OC)CC3)CC[C@@H]2CC[C@@H]1CO. The molecule has 2 aliphatic heterocycles. The van der Waals surface area contributed by atoms with E-state index in [1.54, 1.807) is 39.7 Å². The van der Waals surface area contributed by atoms with Gasteiger partial charge in [-0.15, -0.1) is 0 Å². The zero-order valence-electron chi connectivity index (χ0n) is 24.3. The third-order valence-corrected chi connectivity index (χ3v) is 7.55. The zero-order chi connectivity index (χ0) is 29.4. The molecule has 222 valence electrons. The van der Waals surface area contributed by atoms with Gasteiger partial charge in [-0.3, -0.25) is 14.4 Å². The molecule has 3 rings (SSSR count).